The molecule has 1 aromatic carbocycles. The van der Waals surface area contributed by atoms with E-state index in [2.05, 4.69) is 29.2 Å². The molecular weight excluding hydrogens is 216 g/mol. The first-order valence-corrected chi connectivity index (χ1v) is 7.15. The summed E-state index contributed by atoms with van der Waals surface area (Å²) < 4.78 is 0. The SMILES string of the molecule is NCC1(N2CCCc3ccccc32)CSC1. The maximum Gasteiger partial charge on any atom is 0.0704 e. The van der Waals surface area contributed by atoms with Crippen molar-refractivity contribution in [3.8, 4) is 0 Å². The number of hydrogen-bond acceptors (Lipinski definition) is 3. The molecule has 0 amide bonds. The lowest BCUT2D eigenvalue weighted by atomic mass is 9.93. The van der Waals surface area contributed by atoms with Crippen LogP contribution in [0.5, 0.6) is 0 Å². The number of anilines is 1. The van der Waals surface area contributed by atoms with E-state index in [-0.39, 0.29) is 5.54 Å². The fourth-order valence-electron chi connectivity index (χ4n) is 2.75. The number of rotatable bonds is 2. The third-order valence-electron chi connectivity index (χ3n) is 3.80. The Kier molecular flexibility index (Phi) is 2.60. The van der Waals surface area contributed by atoms with Crippen LogP contribution in [0.2, 0.25) is 0 Å². The van der Waals surface area contributed by atoms with Crippen LogP contribution < -0.4 is 10.6 Å². The molecule has 0 aliphatic carbocycles. The van der Waals surface area contributed by atoms with Crippen LogP contribution in [0, 0.1) is 0 Å². The topological polar surface area (TPSA) is 29.3 Å². The summed E-state index contributed by atoms with van der Waals surface area (Å²) in [6, 6.07) is 8.81. The number of benzene rings is 1. The predicted molar refractivity (Wildman–Crippen MR) is 71.2 cm³/mol. The smallest absolute Gasteiger partial charge is 0.0704 e. The van der Waals surface area contributed by atoms with Crippen molar-refractivity contribution in [1.29, 1.82) is 0 Å². The third-order valence-corrected chi connectivity index (χ3v) is 5.29. The highest BCUT2D eigenvalue weighted by atomic mass is 32.2. The third kappa shape index (κ3) is 1.45. The van der Waals surface area contributed by atoms with Crippen molar-refractivity contribution in [2.45, 2.75) is 18.4 Å². The summed E-state index contributed by atoms with van der Waals surface area (Å²) in [7, 11) is 0. The average molecular weight is 234 g/mol. The monoisotopic (exact) mass is 234 g/mol. The zero-order chi connectivity index (χ0) is 11.0. The molecule has 86 valence electrons. The molecule has 0 saturated carbocycles. The van der Waals surface area contributed by atoms with Gasteiger partial charge >= 0.3 is 0 Å². The Morgan fingerprint density at radius 1 is 1.31 bits per heavy atom. The van der Waals surface area contributed by atoms with Crippen molar-refractivity contribution in [1.82, 2.24) is 0 Å². The molecule has 2 heterocycles. The van der Waals surface area contributed by atoms with Crippen molar-refractivity contribution in [2.75, 3.05) is 29.5 Å². The molecule has 2 N–H and O–H groups in total. The van der Waals surface area contributed by atoms with E-state index in [0.717, 1.165) is 6.54 Å². The van der Waals surface area contributed by atoms with Gasteiger partial charge < -0.3 is 10.6 Å². The largest absolute Gasteiger partial charge is 0.363 e. The van der Waals surface area contributed by atoms with Crippen LogP contribution in [0.1, 0.15) is 12.0 Å². The molecule has 1 aromatic rings. The van der Waals surface area contributed by atoms with Crippen LogP contribution in [-0.2, 0) is 6.42 Å². The van der Waals surface area contributed by atoms with E-state index in [9.17, 15) is 0 Å². The van der Waals surface area contributed by atoms with Crippen molar-refractivity contribution >= 4 is 17.4 Å². The Hall–Kier alpha value is -0.670. The Balaban J connectivity index is 1.98. The minimum Gasteiger partial charge on any atom is -0.363 e. The fraction of sp³-hybridized carbons (Fsp3) is 0.538. The van der Waals surface area contributed by atoms with Gasteiger partial charge in [0.05, 0.1) is 5.54 Å². The molecule has 0 radical (unpaired) electrons. The van der Waals surface area contributed by atoms with Gasteiger partial charge in [-0.3, -0.25) is 0 Å². The van der Waals surface area contributed by atoms with Gasteiger partial charge in [-0.15, -0.1) is 0 Å². The van der Waals surface area contributed by atoms with Crippen LogP contribution >= 0.6 is 11.8 Å². The van der Waals surface area contributed by atoms with Gasteiger partial charge in [0.15, 0.2) is 0 Å². The van der Waals surface area contributed by atoms with E-state index in [4.69, 9.17) is 5.73 Å². The predicted octanol–water partition coefficient (Wildman–Crippen LogP) is 1.88. The quantitative estimate of drug-likeness (QED) is 0.847. The number of para-hydroxylation sites is 1. The Morgan fingerprint density at radius 2 is 2.12 bits per heavy atom. The van der Waals surface area contributed by atoms with E-state index in [1.807, 2.05) is 11.8 Å². The highest BCUT2D eigenvalue weighted by Crippen LogP contribution is 2.40. The van der Waals surface area contributed by atoms with Gasteiger partial charge in [0.2, 0.25) is 0 Å². The minimum atomic E-state index is 0.251. The number of hydrogen-bond donors (Lipinski definition) is 1. The van der Waals surface area contributed by atoms with E-state index in [1.165, 1.54) is 42.1 Å². The summed E-state index contributed by atoms with van der Waals surface area (Å²) in [4.78, 5) is 2.57. The molecular formula is C13H18N2S. The highest BCUT2D eigenvalue weighted by molar-refractivity contribution is 8.00. The summed E-state index contributed by atoms with van der Waals surface area (Å²) in [6.45, 7) is 1.96. The van der Waals surface area contributed by atoms with Gasteiger partial charge in [0.1, 0.15) is 0 Å². The molecule has 0 bridgehead atoms. The summed E-state index contributed by atoms with van der Waals surface area (Å²) >= 11 is 2.02. The second-order valence-corrected chi connectivity index (χ2v) is 5.79. The Morgan fingerprint density at radius 3 is 2.81 bits per heavy atom. The molecule has 16 heavy (non-hydrogen) atoms. The van der Waals surface area contributed by atoms with E-state index >= 15 is 0 Å². The molecule has 0 atom stereocenters. The van der Waals surface area contributed by atoms with Crippen molar-refractivity contribution in [3.63, 3.8) is 0 Å². The van der Waals surface area contributed by atoms with Gasteiger partial charge in [-0.25, -0.2) is 0 Å². The summed E-state index contributed by atoms with van der Waals surface area (Å²) in [5.41, 5.74) is 9.18. The van der Waals surface area contributed by atoms with Gasteiger partial charge in [0.25, 0.3) is 0 Å². The fourth-order valence-corrected chi connectivity index (χ4v) is 3.97. The average Bonchev–Trinajstić information content (AvgIpc) is 2.29. The van der Waals surface area contributed by atoms with Gasteiger partial charge in [0, 0.05) is 30.3 Å². The molecule has 1 saturated heterocycles. The first-order valence-electron chi connectivity index (χ1n) is 5.99. The van der Waals surface area contributed by atoms with Crippen molar-refractivity contribution in [3.05, 3.63) is 29.8 Å². The highest BCUT2D eigenvalue weighted by Gasteiger charge is 2.43. The van der Waals surface area contributed by atoms with Crippen molar-refractivity contribution in [2.24, 2.45) is 5.73 Å². The summed E-state index contributed by atoms with van der Waals surface area (Å²) in [5.74, 6) is 2.38. The van der Waals surface area contributed by atoms with E-state index in [1.54, 1.807) is 0 Å². The zero-order valence-corrected chi connectivity index (χ0v) is 10.3. The minimum absolute atomic E-state index is 0.251. The summed E-state index contributed by atoms with van der Waals surface area (Å²) in [5, 5.41) is 0. The van der Waals surface area contributed by atoms with Gasteiger partial charge in [-0.05, 0) is 24.5 Å². The van der Waals surface area contributed by atoms with Crippen LogP contribution in [0.3, 0.4) is 0 Å². The van der Waals surface area contributed by atoms with Gasteiger partial charge in [-0.1, -0.05) is 18.2 Å². The lowest BCUT2D eigenvalue weighted by Gasteiger charge is -2.52. The molecule has 3 rings (SSSR count). The molecule has 0 unspecified atom stereocenters. The van der Waals surface area contributed by atoms with Crippen LogP contribution in [0.15, 0.2) is 24.3 Å². The van der Waals surface area contributed by atoms with Crippen LogP contribution in [-0.4, -0.2) is 30.1 Å². The lowest BCUT2D eigenvalue weighted by molar-refractivity contribution is 0.449. The molecule has 0 aromatic heterocycles. The number of thioether (sulfide) groups is 1. The number of fused-ring (bicyclic) bond motifs is 1. The standard InChI is InChI=1S/C13H18N2S/c14-8-13(9-16-10-13)15-7-3-5-11-4-1-2-6-12(11)15/h1-2,4,6H,3,5,7-10,14H2. The van der Waals surface area contributed by atoms with Crippen LogP contribution in [0.4, 0.5) is 5.69 Å². The molecule has 2 nitrogen and oxygen atoms in total. The number of aryl methyl sites for hydroxylation is 1. The Labute approximate surface area is 101 Å². The second-order valence-electron chi connectivity index (χ2n) is 4.81. The maximum atomic E-state index is 6.00. The first-order chi connectivity index (χ1) is 7.86. The van der Waals surface area contributed by atoms with E-state index in [0.29, 0.717) is 0 Å². The van der Waals surface area contributed by atoms with E-state index < -0.39 is 0 Å². The normalized spacial score (nSPS) is 22.4. The van der Waals surface area contributed by atoms with Crippen LogP contribution in [0.25, 0.3) is 0 Å². The lowest BCUT2D eigenvalue weighted by Crippen LogP contribution is -2.64. The maximum absolute atomic E-state index is 6.00. The Bertz CT molecular complexity index is 382. The summed E-state index contributed by atoms with van der Waals surface area (Å²) in [6.07, 6.45) is 2.49. The molecule has 2 aliphatic heterocycles. The van der Waals surface area contributed by atoms with Gasteiger partial charge in [-0.2, -0.15) is 11.8 Å². The number of nitrogens with zero attached hydrogens (tertiary/aromatic N) is 1. The molecule has 2 aliphatic rings. The number of nitrogens with two attached hydrogens (primary N) is 1. The molecule has 3 heteroatoms. The molecule has 0 spiro atoms. The second kappa shape index (κ2) is 3.97. The zero-order valence-electron chi connectivity index (χ0n) is 9.48. The van der Waals surface area contributed by atoms with Crippen molar-refractivity contribution < 1.29 is 0 Å². The first kappa shape index (κ1) is 10.5. The molecule has 1 fully saturated rings.